The molecule has 2 nitrogen and oxygen atoms in total. The van der Waals surface area contributed by atoms with E-state index in [4.69, 9.17) is 4.74 Å². The van der Waals surface area contributed by atoms with Crippen molar-refractivity contribution in [2.45, 2.75) is 45.3 Å². The zero-order valence-corrected chi connectivity index (χ0v) is 8.47. The zero-order chi connectivity index (χ0) is 8.97. The van der Waals surface area contributed by atoms with Crippen LogP contribution in [-0.4, -0.2) is 25.8 Å². The summed E-state index contributed by atoms with van der Waals surface area (Å²) in [5, 5.41) is 3.53. The van der Waals surface area contributed by atoms with Gasteiger partial charge < -0.3 is 10.1 Å². The van der Waals surface area contributed by atoms with Crippen molar-refractivity contribution in [2.24, 2.45) is 5.92 Å². The van der Waals surface area contributed by atoms with E-state index in [1.165, 1.54) is 12.8 Å². The molecule has 0 amide bonds. The standard InChI is InChI=1S/C10H21NO/c1-4-11-10(9-5-6-9)7-8(2)12-3/h8-11H,4-7H2,1-3H3. The fourth-order valence-corrected chi connectivity index (χ4v) is 1.66. The monoisotopic (exact) mass is 171 g/mol. The first-order valence-corrected chi connectivity index (χ1v) is 5.04. The van der Waals surface area contributed by atoms with Crippen LogP contribution in [0.25, 0.3) is 0 Å². The Morgan fingerprint density at radius 3 is 2.58 bits per heavy atom. The van der Waals surface area contributed by atoms with Gasteiger partial charge in [-0.25, -0.2) is 0 Å². The van der Waals surface area contributed by atoms with Gasteiger partial charge in [0.25, 0.3) is 0 Å². The first kappa shape index (κ1) is 10.0. The summed E-state index contributed by atoms with van der Waals surface area (Å²) in [7, 11) is 1.79. The van der Waals surface area contributed by atoms with E-state index in [2.05, 4.69) is 19.2 Å². The van der Waals surface area contributed by atoms with Gasteiger partial charge in [0.1, 0.15) is 0 Å². The Bertz CT molecular complexity index is 123. The van der Waals surface area contributed by atoms with Crippen LogP contribution in [0.1, 0.15) is 33.1 Å². The topological polar surface area (TPSA) is 21.3 Å². The van der Waals surface area contributed by atoms with Gasteiger partial charge in [0.2, 0.25) is 0 Å². The third-order valence-corrected chi connectivity index (χ3v) is 2.65. The Labute approximate surface area is 75.7 Å². The van der Waals surface area contributed by atoms with Crippen LogP contribution in [0.3, 0.4) is 0 Å². The molecule has 1 N–H and O–H groups in total. The average molecular weight is 171 g/mol. The van der Waals surface area contributed by atoms with Gasteiger partial charge >= 0.3 is 0 Å². The molecule has 0 radical (unpaired) electrons. The molecule has 0 aromatic heterocycles. The van der Waals surface area contributed by atoms with Crippen LogP contribution in [0, 0.1) is 5.92 Å². The molecule has 0 aliphatic heterocycles. The lowest BCUT2D eigenvalue weighted by atomic mass is 10.1. The number of hydrogen-bond acceptors (Lipinski definition) is 2. The summed E-state index contributed by atoms with van der Waals surface area (Å²) in [6.07, 6.45) is 4.38. The highest BCUT2D eigenvalue weighted by atomic mass is 16.5. The lowest BCUT2D eigenvalue weighted by Crippen LogP contribution is -2.34. The molecule has 0 saturated heterocycles. The summed E-state index contributed by atoms with van der Waals surface area (Å²) in [6, 6.07) is 0.699. The van der Waals surface area contributed by atoms with Gasteiger partial charge in [-0.15, -0.1) is 0 Å². The first-order valence-electron chi connectivity index (χ1n) is 5.04. The van der Waals surface area contributed by atoms with Gasteiger partial charge in [0.15, 0.2) is 0 Å². The largest absolute Gasteiger partial charge is 0.382 e. The summed E-state index contributed by atoms with van der Waals surface area (Å²) in [5.41, 5.74) is 0. The van der Waals surface area contributed by atoms with Crippen molar-refractivity contribution < 1.29 is 4.74 Å². The highest BCUT2D eigenvalue weighted by molar-refractivity contribution is 4.87. The van der Waals surface area contributed by atoms with Crippen LogP contribution in [0.2, 0.25) is 0 Å². The van der Waals surface area contributed by atoms with Gasteiger partial charge in [-0.1, -0.05) is 6.92 Å². The van der Waals surface area contributed by atoms with Gasteiger partial charge in [0, 0.05) is 13.2 Å². The van der Waals surface area contributed by atoms with E-state index in [1.807, 2.05) is 0 Å². The molecule has 0 heterocycles. The Morgan fingerprint density at radius 2 is 2.17 bits per heavy atom. The molecule has 1 aliphatic rings. The van der Waals surface area contributed by atoms with Crippen molar-refractivity contribution in [1.29, 1.82) is 0 Å². The second-order valence-electron chi connectivity index (χ2n) is 3.78. The first-order chi connectivity index (χ1) is 5.77. The average Bonchev–Trinajstić information content (AvgIpc) is 2.86. The molecule has 2 atom stereocenters. The molecule has 1 aliphatic carbocycles. The second kappa shape index (κ2) is 4.83. The summed E-state index contributed by atoms with van der Waals surface area (Å²) in [6.45, 7) is 5.40. The van der Waals surface area contributed by atoms with E-state index in [-0.39, 0.29) is 0 Å². The number of nitrogens with one attached hydrogen (secondary N) is 1. The summed E-state index contributed by atoms with van der Waals surface area (Å²) in [4.78, 5) is 0. The van der Waals surface area contributed by atoms with Crippen molar-refractivity contribution >= 4 is 0 Å². The summed E-state index contributed by atoms with van der Waals surface area (Å²) in [5.74, 6) is 0.933. The van der Waals surface area contributed by atoms with Gasteiger partial charge in [-0.05, 0) is 38.6 Å². The molecule has 1 fully saturated rings. The molecule has 0 spiro atoms. The minimum absolute atomic E-state index is 0.398. The minimum atomic E-state index is 0.398. The lowest BCUT2D eigenvalue weighted by Gasteiger charge is -2.20. The molecule has 2 heteroatoms. The van der Waals surface area contributed by atoms with E-state index in [0.717, 1.165) is 18.9 Å². The summed E-state index contributed by atoms with van der Waals surface area (Å²) < 4.78 is 5.26. The van der Waals surface area contributed by atoms with Crippen LogP contribution in [0.5, 0.6) is 0 Å². The number of methoxy groups -OCH3 is 1. The third kappa shape index (κ3) is 3.11. The molecular formula is C10H21NO. The van der Waals surface area contributed by atoms with E-state index < -0.39 is 0 Å². The van der Waals surface area contributed by atoms with Crippen molar-refractivity contribution in [3.05, 3.63) is 0 Å². The van der Waals surface area contributed by atoms with Crippen LogP contribution >= 0.6 is 0 Å². The van der Waals surface area contributed by atoms with Crippen molar-refractivity contribution in [2.75, 3.05) is 13.7 Å². The Kier molecular flexibility index (Phi) is 4.02. The number of hydrogen-bond donors (Lipinski definition) is 1. The molecule has 2 unspecified atom stereocenters. The smallest absolute Gasteiger partial charge is 0.0558 e. The molecule has 0 aromatic rings. The maximum atomic E-state index is 5.26. The number of rotatable bonds is 6. The molecular weight excluding hydrogens is 150 g/mol. The maximum absolute atomic E-state index is 5.26. The summed E-state index contributed by atoms with van der Waals surface area (Å²) >= 11 is 0. The number of ether oxygens (including phenoxy) is 1. The SMILES string of the molecule is CCNC(CC(C)OC)C1CC1. The fraction of sp³-hybridized carbons (Fsp3) is 1.00. The molecule has 0 bridgehead atoms. The molecule has 72 valence electrons. The van der Waals surface area contributed by atoms with Gasteiger partial charge in [0.05, 0.1) is 6.10 Å². The molecule has 1 rings (SSSR count). The lowest BCUT2D eigenvalue weighted by molar-refractivity contribution is 0.0979. The van der Waals surface area contributed by atoms with Crippen LogP contribution in [0.4, 0.5) is 0 Å². The molecule has 1 saturated carbocycles. The Hall–Kier alpha value is -0.0800. The van der Waals surface area contributed by atoms with Gasteiger partial charge in [-0.2, -0.15) is 0 Å². The molecule has 12 heavy (non-hydrogen) atoms. The second-order valence-corrected chi connectivity index (χ2v) is 3.78. The predicted octanol–water partition coefficient (Wildman–Crippen LogP) is 1.80. The van der Waals surface area contributed by atoms with Crippen molar-refractivity contribution in [3.8, 4) is 0 Å². The highest BCUT2D eigenvalue weighted by Crippen LogP contribution is 2.34. The predicted molar refractivity (Wildman–Crippen MR) is 51.3 cm³/mol. The maximum Gasteiger partial charge on any atom is 0.0558 e. The van der Waals surface area contributed by atoms with Crippen molar-refractivity contribution in [1.82, 2.24) is 5.32 Å². The highest BCUT2D eigenvalue weighted by Gasteiger charge is 2.31. The van der Waals surface area contributed by atoms with E-state index in [1.54, 1.807) is 7.11 Å². The quantitative estimate of drug-likeness (QED) is 0.658. The van der Waals surface area contributed by atoms with Gasteiger partial charge in [-0.3, -0.25) is 0 Å². The van der Waals surface area contributed by atoms with E-state index in [9.17, 15) is 0 Å². The van der Waals surface area contributed by atoms with E-state index >= 15 is 0 Å². The molecule has 0 aromatic carbocycles. The third-order valence-electron chi connectivity index (χ3n) is 2.65. The van der Waals surface area contributed by atoms with Crippen LogP contribution < -0.4 is 5.32 Å². The van der Waals surface area contributed by atoms with Crippen LogP contribution in [-0.2, 0) is 4.74 Å². The van der Waals surface area contributed by atoms with Crippen molar-refractivity contribution in [3.63, 3.8) is 0 Å². The zero-order valence-electron chi connectivity index (χ0n) is 8.47. The Morgan fingerprint density at radius 1 is 1.50 bits per heavy atom. The minimum Gasteiger partial charge on any atom is -0.382 e. The normalized spacial score (nSPS) is 22.2. The van der Waals surface area contributed by atoms with E-state index in [0.29, 0.717) is 12.1 Å². The Balaban J connectivity index is 2.22. The fourth-order valence-electron chi connectivity index (χ4n) is 1.66. The van der Waals surface area contributed by atoms with Crippen LogP contribution in [0.15, 0.2) is 0 Å².